The number of ether oxygens (including phenoxy) is 2. The van der Waals surface area contributed by atoms with E-state index in [4.69, 9.17) is 15.3 Å². The average molecular weight is 248 g/mol. The summed E-state index contributed by atoms with van der Waals surface area (Å²) in [5.41, 5.74) is 5.50. The Morgan fingerprint density at radius 2 is 2.28 bits per heavy atom. The van der Waals surface area contributed by atoms with Crippen molar-refractivity contribution in [3.8, 4) is 5.75 Å². The maximum Gasteiger partial charge on any atom is 0.122 e. The first-order valence-electron chi connectivity index (χ1n) is 6.68. The fraction of sp³-hybridized carbons (Fsp3) is 0.571. The van der Waals surface area contributed by atoms with Gasteiger partial charge in [-0.2, -0.15) is 0 Å². The second-order valence-corrected chi connectivity index (χ2v) is 5.09. The Bertz CT molecular complexity index is 416. The maximum atomic E-state index is 5.74. The Balaban J connectivity index is 1.82. The standard InChI is InChI=1S/C14H20N2O2/c15-16-14(12-2-1-6-17-9-12)11-3-4-13-10(8-11)5-7-18-13/h3-4,8,12,14,16H,1-2,5-7,9,15H2. The van der Waals surface area contributed by atoms with Crippen molar-refractivity contribution in [1.29, 1.82) is 0 Å². The van der Waals surface area contributed by atoms with E-state index >= 15 is 0 Å². The van der Waals surface area contributed by atoms with E-state index in [0.717, 1.165) is 38.4 Å². The van der Waals surface area contributed by atoms with Gasteiger partial charge in [-0.1, -0.05) is 12.1 Å². The van der Waals surface area contributed by atoms with E-state index < -0.39 is 0 Å². The molecule has 0 spiro atoms. The first-order chi connectivity index (χ1) is 8.88. The van der Waals surface area contributed by atoms with Crippen LogP contribution >= 0.6 is 0 Å². The molecule has 1 aromatic carbocycles. The number of fused-ring (bicyclic) bond motifs is 1. The van der Waals surface area contributed by atoms with E-state index in [1.165, 1.54) is 17.5 Å². The van der Waals surface area contributed by atoms with Crippen LogP contribution in [-0.4, -0.2) is 19.8 Å². The highest BCUT2D eigenvalue weighted by atomic mass is 16.5. The fourth-order valence-corrected chi connectivity index (χ4v) is 2.93. The third kappa shape index (κ3) is 2.23. The van der Waals surface area contributed by atoms with Gasteiger partial charge in [-0.3, -0.25) is 11.3 Å². The molecule has 1 fully saturated rings. The molecule has 2 atom stereocenters. The van der Waals surface area contributed by atoms with Crippen molar-refractivity contribution < 1.29 is 9.47 Å². The predicted molar refractivity (Wildman–Crippen MR) is 69.2 cm³/mol. The molecule has 2 unspecified atom stereocenters. The molecule has 3 rings (SSSR count). The molecule has 0 amide bonds. The second-order valence-electron chi connectivity index (χ2n) is 5.09. The lowest BCUT2D eigenvalue weighted by molar-refractivity contribution is 0.0390. The van der Waals surface area contributed by atoms with E-state index in [2.05, 4.69) is 23.6 Å². The molecule has 1 saturated heterocycles. The van der Waals surface area contributed by atoms with Crippen molar-refractivity contribution in [3.63, 3.8) is 0 Å². The zero-order valence-corrected chi connectivity index (χ0v) is 10.5. The minimum Gasteiger partial charge on any atom is -0.493 e. The SMILES string of the molecule is NNC(c1ccc2c(c1)CCO2)C1CCCOC1. The van der Waals surface area contributed by atoms with Crippen LogP contribution in [0.1, 0.15) is 30.0 Å². The summed E-state index contributed by atoms with van der Waals surface area (Å²) in [5.74, 6) is 7.23. The van der Waals surface area contributed by atoms with Gasteiger partial charge in [-0.25, -0.2) is 0 Å². The summed E-state index contributed by atoms with van der Waals surface area (Å²) in [7, 11) is 0. The van der Waals surface area contributed by atoms with Crippen molar-refractivity contribution in [2.75, 3.05) is 19.8 Å². The van der Waals surface area contributed by atoms with Crippen LogP contribution in [0, 0.1) is 5.92 Å². The highest BCUT2D eigenvalue weighted by Crippen LogP contribution is 2.32. The van der Waals surface area contributed by atoms with E-state index in [9.17, 15) is 0 Å². The average Bonchev–Trinajstić information content (AvgIpc) is 2.88. The molecule has 98 valence electrons. The van der Waals surface area contributed by atoms with Gasteiger partial charge in [-0.15, -0.1) is 0 Å². The molecular formula is C14H20N2O2. The topological polar surface area (TPSA) is 56.5 Å². The zero-order chi connectivity index (χ0) is 12.4. The number of hydrogen-bond donors (Lipinski definition) is 2. The van der Waals surface area contributed by atoms with Crippen molar-refractivity contribution in [1.82, 2.24) is 5.43 Å². The number of hydrogen-bond acceptors (Lipinski definition) is 4. The summed E-state index contributed by atoms with van der Waals surface area (Å²) in [6, 6.07) is 6.58. The van der Waals surface area contributed by atoms with Crippen LogP contribution < -0.4 is 16.0 Å². The number of benzene rings is 1. The summed E-state index contributed by atoms with van der Waals surface area (Å²) in [5, 5.41) is 0. The lowest BCUT2D eigenvalue weighted by Gasteiger charge is -2.30. The van der Waals surface area contributed by atoms with Gasteiger partial charge in [0.05, 0.1) is 19.3 Å². The maximum absolute atomic E-state index is 5.74. The van der Waals surface area contributed by atoms with Gasteiger partial charge in [0.1, 0.15) is 5.75 Å². The number of rotatable bonds is 3. The Labute approximate surface area is 107 Å². The van der Waals surface area contributed by atoms with E-state index in [-0.39, 0.29) is 6.04 Å². The second kappa shape index (κ2) is 5.26. The normalized spacial score (nSPS) is 24.4. The van der Waals surface area contributed by atoms with Gasteiger partial charge < -0.3 is 9.47 Å². The van der Waals surface area contributed by atoms with Crippen LogP contribution in [0.15, 0.2) is 18.2 Å². The lowest BCUT2D eigenvalue weighted by atomic mass is 9.88. The minimum absolute atomic E-state index is 0.177. The molecule has 0 bridgehead atoms. The molecule has 3 N–H and O–H groups in total. The minimum atomic E-state index is 0.177. The van der Waals surface area contributed by atoms with Crippen LogP contribution in [0.5, 0.6) is 5.75 Å². The smallest absolute Gasteiger partial charge is 0.122 e. The highest BCUT2D eigenvalue weighted by molar-refractivity contribution is 5.41. The molecule has 0 aliphatic carbocycles. The van der Waals surface area contributed by atoms with Gasteiger partial charge >= 0.3 is 0 Å². The number of hydrazine groups is 1. The molecule has 18 heavy (non-hydrogen) atoms. The van der Waals surface area contributed by atoms with Crippen molar-refractivity contribution >= 4 is 0 Å². The van der Waals surface area contributed by atoms with E-state index in [1.54, 1.807) is 0 Å². The molecular weight excluding hydrogens is 228 g/mol. The summed E-state index contributed by atoms with van der Waals surface area (Å²) in [4.78, 5) is 0. The number of nitrogens with one attached hydrogen (secondary N) is 1. The largest absolute Gasteiger partial charge is 0.493 e. The molecule has 0 radical (unpaired) electrons. The van der Waals surface area contributed by atoms with Crippen molar-refractivity contribution in [2.24, 2.45) is 11.8 Å². The summed E-state index contributed by atoms with van der Waals surface area (Å²) < 4.78 is 11.1. The molecule has 1 aromatic rings. The monoisotopic (exact) mass is 248 g/mol. The van der Waals surface area contributed by atoms with Crippen LogP contribution in [-0.2, 0) is 11.2 Å². The fourth-order valence-electron chi connectivity index (χ4n) is 2.93. The molecule has 0 aromatic heterocycles. The Morgan fingerprint density at radius 3 is 3.06 bits per heavy atom. The van der Waals surface area contributed by atoms with Crippen molar-refractivity contribution in [3.05, 3.63) is 29.3 Å². The molecule has 4 nitrogen and oxygen atoms in total. The van der Waals surface area contributed by atoms with Crippen LogP contribution in [0.3, 0.4) is 0 Å². The van der Waals surface area contributed by atoms with Gasteiger partial charge in [0.15, 0.2) is 0 Å². The Kier molecular flexibility index (Phi) is 3.50. The van der Waals surface area contributed by atoms with E-state index in [0.29, 0.717) is 5.92 Å². The Hall–Kier alpha value is -1.10. The van der Waals surface area contributed by atoms with Crippen molar-refractivity contribution in [2.45, 2.75) is 25.3 Å². The summed E-state index contributed by atoms with van der Waals surface area (Å²) >= 11 is 0. The molecule has 0 saturated carbocycles. The van der Waals surface area contributed by atoms with Gasteiger partial charge in [0, 0.05) is 18.9 Å². The quantitative estimate of drug-likeness (QED) is 0.629. The molecule has 2 aliphatic rings. The summed E-state index contributed by atoms with van der Waals surface area (Å²) in [6.45, 7) is 2.47. The van der Waals surface area contributed by atoms with Crippen LogP contribution in [0.25, 0.3) is 0 Å². The first-order valence-corrected chi connectivity index (χ1v) is 6.68. The van der Waals surface area contributed by atoms with Gasteiger partial charge in [-0.05, 0) is 30.0 Å². The zero-order valence-electron chi connectivity index (χ0n) is 10.5. The van der Waals surface area contributed by atoms with Crippen LogP contribution in [0.4, 0.5) is 0 Å². The summed E-state index contributed by atoms with van der Waals surface area (Å²) in [6.07, 6.45) is 3.29. The third-order valence-electron chi connectivity index (χ3n) is 3.92. The molecule has 2 heterocycles. The molecule has 4 heteroatoms. The molecule has 2 aliphatic heterocycles. The van der Waals surface area contributed by atoms with Crippen LogP contribution in [0.2, 0.25) is 0 Å². The van der Waals surface area contributed by atoms with Gasteiger partial charge in [0.25, 0.3) is 0 Å². The Morgan fingerprint density at radius 1 is 1.33 bits per heavy atom. The lowest BCUT2D eigenvalue weighted by Crippen LogP contribution is -2.37. The third-order valence-corrected chi connectivity index (χ3v) is 3.92. The predicted octanol–water partition coefficient (Wildman–Crippen LogP) is 1.55. The first kappa shape index (κ1) is 12.0. The van der Waals surface area contributed by atoms with Gasteiger partial charge in [0.2, 0.25) is 0 Å². The number of nitrogens with two attached hydrogens (primary N) is 1. The van der Waals surface area contributed by atoms with E-state index in [1.807, 2.05) is 0 Å². The highest BCUT2D eigenvalue weighted by Gasteiger charge is 2.26.